The van der Waals surface area contributed by atoms with E-state index in [1.807, 2.05) is 36.4 Å². The number of rotatable bonds is 7. The molecule has 2 heterocycles. The van der Waals surface area contributed by atoms with Crippen molar-refractivity contribution in [3.63, 3.8) is 0 Å². The van der Waals surface area contributed by atoms with Crippen LogP contribution < -0.4 is 10.1 Å². The van der Waals surface area contributed by atoms with Crippen molar-refractivity contribution in [2.45, 2.75) is 12.8 Å². The van der Waals surface area contributed by atoms with Crippen molar-refractivity contribution < 1.29 is 9.53 Å². The molecule has 0 spiro atoms. The standard InChI is InChI=1S/C18H19N5O2/c1-25-15-6-4-13(5-7-15)11-17(24)20-10-8-16-21-18(23-22-16)14-3-2-9-19-12-14/h2-7,9,12H,8,10-11H2,1H3,(H,20,24)(H,21,22,23). The zero-order valence-electron chi connectivity index (χ0n) is 13.9. The van der Waals surface area contributed by atoms with Gasteiger partial charge in [-0.2, -0.15) is 5.10 Å². The number of methoxy groups -OCH3 is 1. The Morgan fingerprint density at radius 3 is 2.80 bits per heavy atom. The molecule has 0 aliphatic heterocycles. The Kier molecular flexibility index (Phi) is 5.36. The van der Waals surface area contributed by atoms with Gasteiger partial charge in [0.2, 0.25) is 5.91 Å². The Labute approximate surface area is 145 Å². The van der Waals surface area contributed by atoms with Gasteiger partial charge in [-0.15, -0.1) is 0 Å². The van der Waals surface area contributed by atoms with E-state index in [0.29, 0.717) is 25.2 Å². The predicted molar refractivity (Wildman–Crippen MR) is 93.0 cm³/mol. The number of H-pyrrole nitrogens is 1. The van der Waals surface area contributed by atoms with E-state index < -0.39 is 0 Å². The summed E-state index contributed by atoms with van der Waals surface area (Å²) >= 11 is 0. The van der Waals surface area contributed by atoms with Gasteiger partial charge >= 0.3 is 0 Å². The number of nitrogens with zero attached hydrogens (tertiary/aromatic N) is 3. The van der Waals surface area contributed by atoms with Crippen molar-refractivity contribution in [3.05, 3.63) is 60.2 Å². The zero-order valence-corrected chi connectivity index (χ0v) is 13.9. The molecule has 0 radical (unpaired) electrons. The minimum Gasteiger partial charge on any atom is -0.497 e. The van der Waals surface area contributed by atoms with Gasteiger partial charge in [-0.05, 0) is 29.8 Å². The molecule has 0 atom stereocenters. The van der Waals surface area contributed by atoms with Crippen molar-refractivity contribution >= 4 is 5.91 Å². The predicted octanol–water partition coefficient (Wildman–Crippen LogP) is 1.78. The Morgan fingerprint density at radius 2 is 2.08 bits per heavy atom. The van der Waals surface area contributed by atoms with E-state index in [4.69, 9.17) is 4.74 Å². The van der Waals surface area contributed by atoms with Crippen molar-refractivity contribution in [1.82, 2.24) is 25.5 Å². The molecule has 0 aliphatic carbocycles. The monoisotopic (exact) mass is 337 g/mol. The number of aromatic nitrogens is 4. The lowest BCUT2D eigenvalue weighted by molar-refractivity contribution is -0.120. The molecule has 128 valence electrons. The first kappa shape index (κ1) is 16.6. The van der Waals surface area contributed by atoms with Crippen LogP contribution in [0.1, 0.15) is 11.4 Å². The zero-order chi connectivity index (χ0) is 17.5. The van der Waals surface area contributed by atoms with Crippen molar-refractivity contribution in [2.24, 2.45) is 0 Å². The van der Waals surface area contributed by atoms with Gasteiger partial charge in [-0.25, -0.2) is 4.98 Å². The van der Waals surface area contributed by atoms with E-state index in [1.165, 1.54) is 0 Å². The molecule has 3 rings (SSSR count). The molecule has 0 saturated carbocycles. The number of carbonyl (C=O) groups excluding carboxylic acids is 1. The van der Waals surface area contributed by atoms with Crippen molar-refractivity contribution in [3.8, 4) is 17.1 Å². The summed E-state index contributed by atoms with van der Waals surface area (Å²) in [6.45, 7) is 0.497. The van der Waals surface area contributed by atoms with Crippen LogP contribution in [0.15, 0.2) is 48.8 Å². The minimum absolute atomic E-state index is 0.0304. The number of carbonyl (C=O) groups is 1. The normalized spacial score (nSPS) is 10.4. The summed E-state index contributed by atoms with van der Waals surface area (Å²) in [6, 6.07) is 11.2. The van der Waals surface area contributed by atoms with E-state index in [-0.39, 0.29) is 5.91 Å². The molecule has 1 aromatic carbocycles. The summed E-state index contributed by atoms with van der Waals surface area (Å²) < 4.78 is 5.10. The maximum atomic E-state index is 12.0. The number of hydrogen-bond donors (Lipinski definition) is 2. The third-order valence-electron chi connectivity index (χ3n) is 3.66. The maximum absolute atomic E-state index is 12.0. The quantitative estimate of drug-likeness (QED) is 0.685. The summed E-state index contributed by atoms with van der Waals surface area (Å²) in [5, 5.41) is 9.94. The second kappa shape index (κ2) is 8.05. The number of hydrogen-bond acceptors (Lipinski definition) is 5. The van der Waals surface area contributed by atoms with Crippen molar-refractivity contribution in [2.75, 3.05) is 13.7 Å². The first-order valence-corrected chi connectivity index (χ1v) is 7.96. The first-order valence-electron chi connectivity index (χ1n) is 7.96. The fourth-order valence-electron chi connectivity index (χ4n) is 2.34. The second-order valence-corrected chi connectivity index (χ2v) is 5.47. The average molecular weight is 337 g/mol. The third kappa shape index (κ3) is 4.63. The lowest BCUT2D eigenvalue weighted by Gasteiger charge is -2.05. The van der Waals surface area contributed by atoms with Gasteiger partial charge in [-0.3, -0.25) is 14.9 Å². The lowest BCUT2D eigenvalue weighted by Crippen LogP contribution is -2.27. The summed E-state index contributed by atoms with van der Waals surface area (Å²) in [4.78, 5) is 20.4. The van der Waals surface area contributed by atoms with Crippen molar-refractivity contribution in [1.29, 1.82) is 0 Å². The Morgan fingerprint density at radius 1 is 1.24 bits per heavy atom. The Bertz CT molecular complexity index is 815. The van der Waals surface area contributed by atoms with Gasteiger partial charge in [0.25, 0.3) is 0 Å². The number of nitrogens with one attached hydrogen (secondary N) is 2. The molecule has 0 bridgehead atoms. The van der Waals surface area contributed by atoms with Crippen LogP contribution in [0.3, 0.4) is 0 Å². The second-order valence-electron chi connectivity index (χ2n) is 5.47. The van der Waals surface area contributed by atoms with E-state index >= 15 is 0 Å². The number of aromatic amines is 1. The van der Waals surface area contributed by atoms with E-state index in [0.717, 1.165) is 22.7 Å². The van der Waals surface area contributed by atoms with Crippen LogP contribution in [0.2, 0.25) is 0 Å². The number of amides is 1. The van der Waals surface area contributed by atoms with Gasteiger partial charge in [-0.1, -0.05) is 12.1 Å². The van der Waals surface area contributed by atoms with Crippen LogP contribution in [-0.4, -0.2) is 39.7 Å². The summed E-state index contributed by atoms with van der Waals surface area (Å²) in [7, 11) is 1.62. The lowest BCUT2D eigenvalue weighted by atomic mass is 10.1. The Hall–Kier alpha value is -3.22. The molecule has 2 aromatic heterocycles. The SMILES string of the molecule is COc1ccc(CC(=O)NCCc2nc(-c3cccnc3)n[nH]2)cc1. The molecule has 0 saturated heterocycles. The van der Waals surface area contributed by atoms with Gasteiger partial charge in [0.05, 0.1) is 13.5 Å². The summed E-state index contributed by atoms with van der Waals surface area (Å²) in [6.07, 6.45) is 4.34. The van der Waals surface area contributed by atoms with Gasteiger partial charge < -0.3 is 10.1 Å². The molecule has 0 unspecified atom stereocenters. The molecule has 25 heavy (non-hydrogen) atoms. The fourth-order valence-corrected chi connectivity index (χ4v) is 2.34. The molecule has 3 aromatic rings. The van der Waals surface area contributed by atoms with Crippen LogP contribution in [0.4, 0.5) is 0 Å². The summed E-state index contributed by atoms with van der Waals surface area (Å²) in [5.41, 5.74) is 1.80. The van der Waals surface area contributed by atoms with Gasteiger partial charge in [0, 0.05) is 30.9 Å². The van der Waals surface area contributed by atoms with E-state index in [9.17, 15) is 4.79 Å². The van der Waals surface area contributed by atoms with E-state index in [2.05, 4.69) is 25.5 Å². The molecular formula is C18H19N5O2. The fraction of sp³-hybridized carbons (Fsp3) is 0.222. The third-order valence-corrected chi connectivity index (χ3v) is 3.66. The molecule has 1 amide bonds. The molecule has 2 N–H and O–H groups in total. The van der Waals surface area contributed by atoms with E-state index in [1.54, 1.807) is 19.5 Å². The molecule has 7 heteroatoms. The van der Waals surface area contributed by atoms with Crippen LogP contribution in [0.25, 0.3) is 11.4 Å². The summed E-state index contributed by atoms with van der Waals surface area (Å²) in [5.74, 6) is 2.08. The minimum atomic E-state index is -0.0304. The maximum Gasteiger partial charge on any atom is 0.224 e. The van der Waals surface area contributed by atoms with Crippen LogP contribution in [0, 0.1) is 0 Å². The molecule has 0 aliphatic rings. The average Bonchev–Trinajstić information content (AvgIpc) is 3.12. The number of ether oxygens (including phenoxy) is 1. The molecule has 0 fully saturated rings. The van der Waals surface area contributed by atoms with Gasteiger partial charge in [0.15, 0.2) is 5.82 Å². The molecular weight excluding hydrogens is 318 g/mol. The first-order chi connectivity index (χ1) is 12.2. The van der Waals surface area contributed by atoms with Crippen LogP contribution >= 0.6 is 0 Å². The molecule has 7 nitrogen and oxygen atoms in total. The highest BCUT2D eigenvalue weighted by molar-refractivity contribution is 5.78. The largest absolute Gasteiger partial charge is 0.497 e. The smallest absolute Gasteiger partial charge is 0.224 e. The number of pyridine rings is 1. The highest BCUT2D eigenvalue weighted by Gasteiger charge is 2.07. The Balaban J connectivity index is 1.46. The van der Waals surface area contributed by atoms with Crippen LogP contribution in [0.5, 0.6) is 5.75 Å². The highest BCUT2D eigenvalue weighted by Crippen LogP contribution is 2.12. The van der Waals surface area contributed by atoms with Crippen LogP contribution in [-0.2, 0) is 17.6 Å². The van der Waals surface area contributed by atoms with Gasteiger partial charge in [0.1, 0.15) is 11.6 Å². The topological polar surface area (TPSA) is 92.8 Å². The number of benzene rings is 1. The highest BCUT2D eigenvalue weighted by atomic mass is 16.5.